The number of carbonyl (C=O) groups is 1. The van der Waals surface area contributed by atoms with Crippen molar-refractivity contribution in [3.63, 3.8) is 0 Å². The quantitative estimate of drug-likeness (QED) is 0.831. The van der Waals surface area contributed by atoms with E-state index < -0.39 is 4.75 Å². The van der Waals surface area contributed by atoms with Gasteiger partial charge in [0, 0.05) is 18.0 Å². The normalized spacial score (nSPS) is 14.8. The van der Waals surface area contributed by atoms with Gasteiger partial charge in [0.2, 0.25) is 5.91 Å². The van der Waals surface area contributed by atoms with E-state index in [1.54, 1.807) is 11.1 Å². The van der Waals surface area contributed by atoms with Gasteiger partial charge >= 0.3 is 0 Å². The number of aromatic nitrogens is 1. The van der Waals surface area contributed by atoms with E-state index in [0.29, 0.717) is 31.0 Å². The first-order chi connectivity index (χ1) is 9.49. The van der Waals surface area contributed by atoms with Crippen molar-refractivity contribution in [2.75, 3.05) is 19.4 Å². The summed E-state index contributed by atoms with van der Waals surface area (Å²) in [5.74, 6) is 0.628. The van der Waals surface area contributed by atoms with E-state index in [2.05, 4.69) is 11.1 Å². The van der Waals surface area contributed by atoms with E-state index in [9.17, 15) is 4.79 Å². The highest BCUT2D eigenvalue weighted by Gasteiger charge is 2.32. The van der Waals surface area contributed by atoms with Gasteiger partial charge in [0.1, 0.15) is 24.0 Å². The highest BCUT2D eigenvalue weighted by Crippen LogP contribution is 2.29. The summed E-state index contributed by atoms with van der Waals surface area (Å²) in [6.45, 7) is 5.16. The number of carbonyl (C=O) groups excluding carboxylic acids is 1. The third kappa shape index (κ3) is 2.73. The molecule has 106 valence electrons. The molecule has 1 aliphatic heterocycles. The van der Waals surface area contributed by atoms with Crippen molar-refractivity contribution in [2.45, 2.75) is 25.1 Å². The van der Waals surface area contributed by atoms with Crippen LogP contribution < -0.4 is 4.74 Å². The minimum atomic E-state index is -0.467. The molecule has 20 heavy (non-hydrogen) atoms. The summed E-state index contributed by atoms with van der Waals surface area (Å²) in [4.78, 5) is 18.3. The molecular weight excluding hydrogens is 274 g/mol. The van der Waals surface area contributed by atoms with Gasteiger partial charge in [-0.15, -0.1) is 11.8 Å². The predicted molar refractivity (Wildman–Crippen MR) is 77.5 cm³/mol. The summed E-state index contributed by atoms with van der Waals surface area (Å²) in [5.41, 5.74) is 1.20. The summed E-state index contributed by atoms with van der Waals surface area (Å²) in [6, 6.07) is 2.07. The molecule has 0 bridgehead atoms. The van der Waals surface area contributed by atoms with Crippen LogP contribution in [-0.2, 0) is 11.3 Å². The summed E-state index contributed by atoms with van der Waals surface area (Å²) in [5, 5.41) is 9.07. The first-order valence-corrected chi connectivity index (χ1v) is 7.56. The highest BCUT2D eigenvalue weighted by atomic mass is 32.2. The molecule has 1 aliphatic rings. The summed E-state index contributed by atoms with van der Waals surface area (Å²) >= 11 is 1.52. The molecule has 0 aliphatic carbocycles. The van der Waals surface area contributed by atoms with Crippen molar-refractivity contribution in [1.29, 1.82) is 5.26 Å². The largest absolute Gasteiger partial charge is 0.490 e. The van der Waals surface area contributed by atoms with Crippen molar-refractivity contribution in [3.05, 3.63) is 23.5 Å². The van der Waals surface area contributed by atoms with E-state index in [1.807, 2.05) is 20.1 Å². The zero-order chi connectivity index (χ0) is 14.8. The number of fused-ring (bicyclic) bond motifs is 1. The first kappa shape index (κ1) is 14.7. The Labute approximate surface area is 122 Å². The molecule has 0 unspecified atom stereocenters. The molecule has 2 heterocycles. The summed E-state index contributed by atoms with van der Waals surface area (Å²) in [7, 11) is 0. The van der Waals surface area contributed by atoms with Gasteiger partial charge in [-0.1, -0.05) is 0 Å². The molecular formula is C14H17N3O2S. The van der Waals surface area contributed by atoms with Crippen LogP contribution in [0.1, 0.15) is 25.0 Å². The number of hydrogen-bond acceptors (Lipinski definition) is 5. The average Bonchev–Trinajstić information content (AvgIpc) is 2.68. The van der Waals surface area contributed by atoms with Crippen LogP contribution in [0.4, 0.5) is 0 Å². The lowest BCUT2D eigenvalue weighted by atomic mass is 10.1. The second-order valence-corrected chi connectivity index (χ2v) is 6.51. The monoisotopic (exact) mass is 291 g/mol. The SMILES string of the molecule is CSC(C)(C)C(=O)N1CCOc2c(C#N)cncc2C1. The minimum Gasteiger partial charge on any atom is -0.490 e. The van der Waals surface area contributed by atoms with E-state index in [-0.39, 0.29) is 5.91 Å². The van der Waals surface area contributed by atoms with Gasteiger partial charge in [0.15, 0.2) is 0 Å². The molecule has 0 spiro atoms. The third-order valence-electron chi connectivity index (χ3n) is 3.37. The Morgan fingerprint density at radius 2 is 2.30 bits per heavy atom. The van der Waals surface area contributed by atoms with Gasteiger partial charge in [0.05, 0.1) is 17.8 Å². The molecule has 1 aromatic rings. The molecule has 0 saturated heterocycles. The van der Waals surface area contributed by atoms with E-state index in [0.717, 1.165) is 5.56 Å². The van der Waals surface area contributed by atoms with Gasteiger partial charge in [-0.05, 0) is 20.1 Å². The van der Waals surface area contributed by atoms with Crippen molar-refractivity contribution < 1.29 is 9.53 Å². The Morgan fingerprint density at radius 1 is 1.55 bits per heavy atom. The fraction of sp³-hybridized carbons (Fsp3) is 0.500. The van der Waals surface area contributed by atoms with Crippen molar-refractivity contribution in [1.82, 2.24) is 9.88 Å². The Bertz CT molecular complexity index is 566. The molecule has 0 fully saturated rings. The van der Waals surface area contributed by atoms with Crippen molar-refractivity contribution in [2.24, 2.45) is 0 Å². The predicted octanol–water partition coefficient (Wildman–Crippen LogP) is 1.82. The fourth-order valence-corrected chi connectivity index (χ4v) is 2.34. The second-order valence-electron chi connectivity index (χ2n) is 5.08. The molecule has 0 saturated carbocycles. The molecule has 6 heteroatoms. The number of ether oxygens (including phenoxy) is 1. The maximum absolute atomic E-state index is 12.5. The third-order valence-corrected chi connectivity index (χ3v) is 4.57. The summed E-state index contributed by atoms with van der Waals surface area (Å²) in [6.07, 6.45) is 5.07. The minimum absolute atomic E-state index is 0.0730. The topological polar surface area (TPSA) is 66.2 Å². The van der Waals surface area contributed by atoms with Crippen LogP contribution in [0.3, 0.4) is 0 Å². The average molecular weight is 291 g/mol. The van der Waals surface area contributed by atoms with E-state index >= 15 is 0 Å². The Morgan fingerprint density at radius 3 is 2.95 bits per heavy atom. The highest BCUT2D eigenvalue weighted by molar-refractivity contribution is 8.00. The van der Waals surface area contributed by atoms with Crippen LogP contribution in [0, 0.1) is 11.3 Å². The number of nitrogens with zero attached hydrogens (tertiary/aromatic N) is 3. The van der Waals surface area contributed by atoms with Crippen molar-refractivity contribution >= 4 is 17.7 Å². The van der Waals surface area contributed by atoms with Gasteiger partial charge in [-0.2, -0.15) is 5.26 Å². The fourth-order valence-electron chi connectivity index (χ4n) is 2.04. The van der Waals surface area contributed by atoms with Crippen molar-refractivity contribution in [3.8, 4) is 11.8 Å². The summed E-state index contributed by atoms with van der Waals surface area (Å²) < 4.78 is 5.17. The molecule has 5 nitrogen and oxygen atoms in total. The molecule has 0 atom stereocenters. The number of hydrogen-bond donors (Lipinski definition) is 0. The van der Waals surface area contributed by atoms with Crippen LogP contribution in [0.5, 0.6) is 5.75 Å². The number of rotatable bonds is 2. The number of nitriles is 1. The molecule has 0 N–H and O–H groups in total. The lowest BCUT2D eigenvalue weighted by molar-refractivity contribution is -0.133. The number of amides is 1. The van der Waals surface area contributed by atoms with Gasteiger partial charge in [0.25, 0.3) is 0 Å². The van der Waals surface area contributed by atoms with Crippen LogP contribution in [-0.4, -0.2) is 39.9 Å². The molecule has 2 rings (SSSR count). The molecule has 0 aromatic carbocycles. The maximum atomic E-state index is 12.5. The number of pyridine rings is 1. The maximum Gasteiger partial charge on any atom is 0.238 e. The lowest BCUT2D eigenvalue weighted by Crippen LogP contribution is -2.43. The van der Waals surface area contributed by atoms with Crippen LogP contribution in [0.15, 0.2) is 12.4 Å². The Balaban J connectivity index is 2.30. The molecule has 0 radical (unpaired) electrons. The zero-order valence-corrected chi connectivity index (χ0v) is 12.7. The molecule has 1 amide bonds. The lowest BCUT2D eigenvalue weighted by Gasteiger charge is -2.29. The Hall–Kier alpha value is -1.74. The Kier molecular flexibility index (Phi) is 4.19. The smallest absolute Gasteiger partial charge is 0.238 e. The standard InChI is InChI=1S/C14H17N3O2S/c1-14(2,20-3)13(18)17-4-5-19-12-10(6-15)7-16-8-11(12)9-17/h7-8H,4-5,9H2,1-3H3. The van der Waals surface area contributed by atoms with E-state index in [4.69, 9.17) is 10.00 Å². The van der Waals surface area contributed by atoms with Crippen LogP contribution in [0.25, 0.3) is 0 Å². The second kappa shape index (κ2) is 5.71. The van der Waals surface area contributed by atoms with Crippen LogP contribution >= 0.6 is 11.8 Å². The zero-order valence-electron chi connectivity index (χ0n) is 11.8. The van der Waals surface area contributed by atoms with Gasteiger partial charge in [-0.25, -0.2) is 0 Å². The van der Waals surface area contributed by atoms with Crippen LogP contribution in [0.2, 0.25) is 0 Å². The van der Waals surface area contributed by atoms with Gasteiger partial charge in [-0.3, -0.25) is 9.78 Å². The number of thioether (sulfide) groups is 1. The molecule has 1 aromatic heterocycles. The van der Waals surface area contributed by atoms with E-state index in [1.165, 1.54) is 18.0 Å². The first-order valence-electron chi connectivity index (χ1n) is 6.34. The van der Waals surface area contributed by atoms with Gasteiger partial charge < -0.3 is 9.64 Å².